The van der Waals surface area contributed by atoms with E-state index >= 15 is 0 Å². The predicted octanol–water partition coefficient (Wildman–Crippen LogP) is 9.08. The fourth-order valence-corrected chi connectivity index (χ4v) is 9.00. The summed E-state index contributed by atoms with van der Waals surface area (Å²) in [5, 5.41) is 24.0. The molecule has 248 valence electrons. The maximum absolute atomic E-state index is 12.1. The lowest BCUT2D eigenvalue weighted by Crippen LogP contribution is -2.31. The van der Waals surface area contributed by atoms with Gasteiger partial charge in [0, 0.05) is 59.8 Å². The Kier molecular flexibility index (Phi) is 8.60. The second kappa shape index (κ2) is 12.1. The van der Waals surface area contributed by atoms with Crippen molar-refractivity contribution in [3.63, 3.8) is 0 Å². The van der Waals surface area contributed by atoms with Crippen LogP contribution in [0.25, 0.3) is 0 Å². The molecule has 2 aliphatic rings. The number of aryl methyl sites for hydroxylation is 2. The second-order valence-corrected chi connectivity index (χ2v) is 16.4. The van der Waals surface area contributed by atoms with E-state index in [0.717, 1.165) is 53.7 Å². The van der Waals surface area contributed by atoms with E-state index in [1.165, 1.54) is 27.8 Å². The largest absolute Gasteiger partial charge is 0.507 e. The molecule has 0 radical (unpaired) electrons. The van der Waals surface area contributed by atoms with E-state index in [2.05, 4.69) is 145 Å². The standard InChI is InChI=1S/C43H54N2O2/c1-28-20-30(39(46)33(22-28)34-24-41(3,4)35-15-11-10-14-32(34)35)25-45(19-18-44(8)9)26-31-21-29(2)23-38(40(31)47)43(7)27-42(5,6)36-16-12-13-17-37(36)43/h10-17,20-23,34,46-47H,18-19,24-27H2,1-9H3. The van der Waals surface area contributed by atoms with Crippen molar-refractivity contribution in [2.24, 2.45) is 0 Å². The van der Waals surface area contributed by atoms with E-state index in [1.807, 2.05) is 0 Å². The van der Waals surface area contributed by atoms with Crippen LogP contribution in [0.5, 0.6) is 11.5 Å². The van der Waals surface area contributed by atoms with Crippen LogP contribution < -0.4 is 0 Å². The molecular weight excluding hydrogens is 576 g/mol. The highest BCUT2D eigenvalue weighted by atomic mass is 16.3. The molecule has 6 rings (SSSR count). The monoisotopic (exact) mass is 630 g/mol. The normalized spacial score (nSPS) is 21.0. The summed E-state index contributed by atoms with van der Waals surface area (Å²) >= 11 is 0. The van der Waals surface area contributed by atoms with Crippen molar-refractivity contribution < 1.29 is 10.2 Å². The van der Waals surface area contributed by atoms with Gasteiger partial charge < -0.3 is 15.1 Å². The van der Waals surface area contributed by atoms with Crippen LogP contribution in [-0.4, -0.2) is 47.2 Å². The first kappa shape index (κ1) is 33.3. The molecular formula is C43H54N2O2. The summed E-state index contributed by atoms with van der Waals surface area (Å²) in [6, 6.07) is 26.2. The van der Waals surface area contributed by atoms with E-state index in [1.54, 1.807) is 0 Å². The predicted molar refractivity (Wildman–Crippen MR) is 195 cm³/mol. The number of phenols is 2. The Morgan fingerprint density at radius 1 is 0.638 bits per heavy atom. The number of fused-ring (bicyclic) bond motifs is 2. The molecule has 4 aromatic carbocycles. The van der Waals surface area contributed by atoms with Crippen molar-refractivity contribution in [2.45, 2.75) is 96.6 Å². The fraction of sp³-hybridized carbons (Fsp3) is 0.442. The lowest BCUT2D eigenvalue weighted by molar-refractivity contribution is 0.221. The van der Waals surface area contributed by atoms with Crippen LogP contribution in [0.1, 0.15) is 109 Å². The average Bonchev–Trinajstić information content (AvgIpc) is 3.41. The molecule has 0 saturated carbocycles. The smallest absolute Gasteiger partial charge is 0.124 e. The maximum atomic E-state index is 12.1. The Morgan fingerprint density at radius 2 is 1.21 bits per heavy atom. The van der Waals surface area contributed by atoms with E-state index in [4.69, 9.17) is 0 Å². The Hall–Kier alpha value is -3.60. The summed E-state index contributed by atoms with van der Waals surface area (Å²) in [6.45, 7) is 18.7. The van der Waals surface area contributed by atoms with Crippen LogP contribution in [0, 0.1) is 13.8 Å². The SMILES string of the molecule is Cc1cc(CN(CCN(C)C)Cc2cc(C)cc(C3(C)CC(C)(C)c4ccccc43)c2O)c(O)c(C2CC(C)(C)c3ccccc32)c1. The molecule has 47 heavy (non-hydrogen) atoms. The van der Waals surface area contributed by atoms with Crippen LogP contribution in [0.3, 0.4) is 0 Å². The summed E-state index contributed by atoms with van der Waals surface area (Å²) in [5.74, 6) is 0.978. The van der Waals surface area contributed by atoms with Gasteiger partial charge in [0.2, 0.25) is 0 Å². The van der Waals surface area contributed by atoms with Crippen molar-refractivity contribution in [1.29, 1.82) is 0 Å². The van der Waals surface area contributed by atoms with E-state index in [0.29, 0.717) is 24.6 Å². The molecule has 0 fully saturated rings. The summed E-state index contributed by atoms with van der Waals surface area (Å²) in [7, 11) is 4.20. The average molecular weight is 631 g/mol. The van der Waals surface area contributed by atoms with Crippen molar-refractivity contribution in [3.05, 3.63) is 128 Å². The van der Waals surface area contributed by atoms with Gasteiger partial charge >= 0.3 is 0 Å². The van der Waals surface area contributed by atoms with Gasteiger partial charge in [0.15, 0.2) is 0 Å². The molecule has 0 aromatic heterocycles. The first-order valence-electron chi connectivity index (χ1n) is 17.3. The van der Waals surface area contributed by atoms with Gasteiger partial charge in [-0.25, -0.2) is 0 Å². The summed E-state index contributed by atoms with van der Waals surface area (Å²) in [4.78, 5) is 4.59. The fourth-order valence-electron chi connectivity index (χ4n) is 9.00. The Labute approximate surface area is 283 Å². The first-order valence-corrected chi connectivity index (χ1v) is 17.3. The van der Waals surface area contributed by atoms with Gasteiger partial charge in [0.25, 0.3) is 0 Å². The van der Waals surface area contributed by atoms with Gasteiger partial charge in [-0.2, -0.15) is 0 Å². The molecule has 2 aliphatic carbocycles. The zero-order valence-electron chi connectivity index (χ0n) is 30.0. The van der Waals surface area contributed by atoms with E-state index < -0.39 is 0 Å². The van der Waals surface area contributed by atoms with Crippen LogP contribution in [0.2, 0.25) is 0 Å². The summed E-state index contributed by atoms with van der Waals surface area (Å²) in [6.07, 6.45) is 1.92. The molecule has 0 saturated heterocycles. The second-order valence-electron chi connectivity index (χ2n) is 16.4. The molecule has 0 heterocycles. The number of hydrogen-bond donors (Lipinski definition) is 2. The lowest BCUT2D eigenvalue weighted by Gasteiger charge is -2.31. The highest BCUT2D eigenvalue weighted by Gasteiger charge is 2.47. The van der Waals surface area contributed by atoms with Crippen molar-refractivity contribution >= 4 is 0 Å². The number of nitrogens with zero attached hydrogens (tertiary/aromatic N) is 2. The molecule has 0 spiro atoms. The number of rotatable bonds is 9. The zero-order valence-corrected chi connectivity index (χ0v) is 30.0. The minimum Gasteiger partial charge on any atom is -0.507 e. The van der Waals surface area contributed by atoms with Gasteiger partial charge in [-0.3, -0.25) is 4.90 Å². The number of hydrogen-bond acceptors (Lipinski definition) is 4. The van der Waals surface area contributed by atoms with Gasteiger partial charge in [0.1, 0.15) is 11.5 Å². The molecule has 2 N–H and O–H groups in total. The summed E-state index contributed by atoms with van der Waals surface area (Å²) in [5.41, 5.74) is 11.5. The van der Waals surface area contributed by atoms with Gasteiger partial charge in [-0.1, -0.05) is 119 Å². The first-order chi connectivity index (χ1) is 22.1. The number of phenolic OH excluding ortho intramolecular Hbond substituents is 2. The van der Waals surface area contributed by atoms with Crippen LogP contribution in [0.15, 0.2) is 72.8 Å². The Bertz CT molecular complexity index is 1800. The molecule has 0 bridgehead atoms. The van der Waals surface area contributed by atoms with E-state index in [-0.39, 0.29) is 22.2 Å². The van der Waals surface area contributed by atoms with Crippen LogP contribution in [0.4, 0.5) is 0 Å². The van der Waals surface area contributed by atoms with Crippen LogP contribution >= 0.6 is 0 Å². The maximum Gasteiger partial charge on any atom is 0.124 e. The van der Waals surface area contributed by atoms with Crippen molar-refractivity contribution in [3.8, 4) is 11.5 Å². The molecule has 2 unspecified atom stereocenters. The van der Waals surface area contributed by atoms with Gasteiger partial charge in [-0.15, -0.1) is 0 Å². The highest BCUT2D eigenvalue weighted by Crippen LogP contribution is 2.55. The van der Waals surface area contributed by atoms with Crippen molar-refractivity contribution in [1.82, 2.24) is 9.80 Å². The Morgan fingerprint density at radius 3 is 1.87 bits per heavy atom. The lowest BCUT2D eigenvalue weighted by atomic mass is 9.73. The number of aromatic hydroxyl groups is 2. The minimum absolute atomic E-state index is 0.0227. The van der Waals surface area contributed by atoms with Gasteiger partial charge in [0.05, 0.1) is 0 Å². The van der Waals surface area contributed by atoms with E-state index in [9.17, 15) is 10.2 Å². The molecule has 0 amide bonds. The number of benzene rings is 4. The summed E-state index contributed by atoms with van der Waals surface area (Å²) < 4.78 is 0. The van der Waals surface area contributed by atoms with Gasteiger partial charge in [-0.05, 0) is 73.9 Å². The molecule has 4 heteroatoms. The highest BCUT2D eigenvalue weighted by molar-refractivity contribution is 5.58. The Balaban J connectivity index is 1.36. The third-order valence-electron chi connectivity index (χ3n) is 11.1. The van der Waals surface area contributed by atoms with Crippen LogP contribution in [-0.2, 0) is 29.3 Å². The molecule has 4 aromatic rings. The quantitative estimate of drug-likeness (QED) is 0.194. The molecule has 0 aliphatic heterocycles. The molecule has 4 nitrogen and oxygen atoms in total. The third kappa shape index (κ3) is 6.11. The molecule has 2 atom stereocenters. The van der Waals surface area contributed by atoms with Crippen molar-refractivity contribution in [2.75, 3.05) is 27.2 Å². The zero-order chi connectivity index (χ0) is 33.9. The minimum atomic E-state index is -0.283. The topological polar surface area (TPSA) is 46.9 Å². The number of likely N-dealkylation sites (N-methyl/N-ethyl adjacent to an activating group) is 1. The third-order valence-corrected chi connectivity index (χ3v) is 11.1.